The fourth-order valence-electron chi connectivity index (χ4n) is 2.31. The summed E-state index contributed by atoms with van der Waals surface area (Å²) in [6.45, 7) is 6.43. The first-order valence-corrected chi connectivity index (χ1v) is 7.67. The van der Waals surface area contributed by atoms with E-state index in [0.717, 1.165) is 0 Å². The van der Waals surface area contributed by atoms with E-state index in [4.69, 9.17) is 16.3 Å². The monoisotopic (exact) mass is 341 g/mol. The molecule has 7 nitrogen and oxygen atoms in total. The number of pyridine rings is 1. The molecule has 1 aliphatic rings. The molecule has 1 amide bonds. The minimum absolute atomic E-state index is 0.0464. The molecule has 0 unspecified atom stereocenters. The molecule has 0 bridgehead atoms. The lowest BCUT2D eigenvalue weighted by molar-refractivity contribution is 0.0293. The SMILES string of the molecule is CC(C)(C)OC(=O)N1CC[C@@H](Nc2cc(Cl)ncc2C(=O)O)C1. The first-order chi connectivity index (χ1) is 10.7. The summed E-state index contributed by atoms with van der Waals surface area (Å²) in [7, 11) is 0. The molecule has 1 fully saturated rings. The number of nitrogens with one attached hydrogen (secondary N) is 1. The summed E-state index contributed by atoms with van der Waals surface area (Å²) in [4.78, 5) is 28.6. The van der Waals surface area contributed by atoms with Crippen LogP contribution in [0.15, 0.2) is 12.3 Å². The van der Waals surface area contributed by atoms with Crippen molar-refractivity contribution in [3.8, 4) is 0 Å². The minimum Gasteiger partial charge on any atom is -0.478 e. The number of nitrogens with zero attached hydrogens (tertiary/aromatic N) is 2. The maximum atomic E-state index is 12.0. The van der Waals surface area contributed by atoms with E-state index in [2.05, 4.69) is 10.3 Å². The number of hydrogen-bond acceptors (Lipinski definition) is 5. The molecule has 1 aromatic rings. The molecule has 2 heterocycles. The van der Waals surface area contributed by atoms with E-state index in [0.29, 0.717) is 25.2 Å². The second-order valence-corrected chi connectivity index (χ2v) is 6.80. The maximum absolute atomic E-state index is 12.0. The Hall–Kier alpha value is -2.02. The Morgan fingerprint density at radius 3 is 2.78 bits per heavy atom. The van der Waals surface area contributed by atoms with Crippen LogP contribution >= 0.6 is 11.6 Å². The van der Waals surface area contributed by atoms with Crippen molar-refractivity contribution >= 4 is 29.4 Å². The Labute approximate surface area is 139 Å². The number of likely N-dealkylation sites (tertiary alicyclic amines) is 1. The Balaban J connectivity index is 2.02. The molecular weight excluding hydrogens is 322 g/mol. The molecule has 23 heavy (non-hydrogen) atoms. The topological polar surface area (TPSA) is 91.8 Å². The van der Waals surface area contributed by atoms with E-state index >= 15 is 0 Å². The average Bonchev–Trinajstić information content (AvgIpc) is 2.85. The first kappa shape index (κ1) is 17.3. The molecule has 8 heteroatoms. The van der Waals surface area contributed by atoms with Crippen molar-refractivity contribution < 1.29 is 19.4 Å². The fourth-order valence-corrected chi connectivity index (χ4v) is 2.47. The maximum Gasteiger partial charge on any atom is 0.410 e. The normalized spacial score (nSPS) is 17.9. The Morgan fingerprint density at radius 1 is 1.48 bits per heavy atom. The van der Waals surface area contributed by atoms with Crippen LogP contribution < -0.4 is 5.32 Å². The van der Waals surface area contributed by atoms with Crippen molar-refractivity contribution in [2.75, 3.05) is 18.4 Å². The first-order valence-electron chi connectivity index (χ1n) is 7.29. The number of carboxylic acids is 1. The van der Waals surface area contributed by atoms with Gasteiger partial charge in [0.25, 0.3) is 0 Å². The van der Waals surface area contributed by atoms with Gasteiger partial charge in [-0.05, 0) is 33.3 Å². The smallest absolute Gasteiger partial charge is 0.410 e. The van der Waals surface area contributed by atoms with Crippen LogP contribution in [-0.2, 0) is 4.74 Å². The molecular formula is C15H20ClN3O4. The molecule has 1 aromatic heterocycles. The molecule has 126 valence electrons. The number of carbonyl (C=O) groups is 2. The van der Waals surface area contributed by atoms with Crippen LogP contribution in [0.2, 0.25) is 5.15 Å². The van der Waals surface area contributed by atoms with Crippen LogP contribution in [0.4, 0.5) is 10.5 Å². The van der Waals surface area contributed by atoms with Gasteiger partial charge in [-0.3, -0.25) is 0 Å². The number of aromatic nitrogens is 1. The molecule has 0 radical (unpaired) electrons. The van der Waals surface area contributed by atoms with Gasteiger partial charge in [-0.25, -0.2) is 14.6 Å². The summed E-state index contributed by atoms with van der Waals surface area (Å²) in [5, 5.41) is 12.5. The highest BCUT2D eigenvalue weighted by atomic mass is 35.5. The number of aromatic carboxylic acids is 1. The van der Waals surface area contributed by atoms with Gasteiger partial charge in [0.2, 0.25) is 0 Å². The van der Waals surface area contributed by atoms with Crippen LogP contribution in [0.5, 0.6) is 0 Å². The standard InChI is InChI=1S/C15H20ClN3O4/c1-15(2,3)23-14(22)19-5-4-9(8-19)18-11-6-12(16)17-7-10(11)13(20)21/h6-7,9H,4-5,8H2,1-3H3,(H,17,18)(H,20,21)/t9-/m1/s1. The zero-order valence-corrected chi connectivity index (χ0v) is 14.1. The summed E-state index contributed by atoms with van der Waals surface area (Å²) in [6.07, 6.45) is 1.54. The van der Waals surface area contributed by atoms with Crippen molar-refractivity contribution in [3.63, 3.8) is 0 Å². The third kappa shape index (κ3) is 4.72. The van der Waals surface area contributed by atoms with E-state index in [1.165, 1.54) is 12.3 Å². The van der Waals surface area contributed by atoms with Crippen LogP contribution in [0, 0.1) is 0 Å². The van der Waals surface area contributed by atoms with E-state index in [9.17, 15) is 14.7 Å². The molecule has 2 rings (SSSR count). The molecule has 0 spiro atoms. The molecule has 0 aromatic carbocycles. The number of amides is 1. The quantitative estimate of drug-likeness (QED) is 0.821. The highest BCUT2D eigenvalue weighted by molar-refractivity contribution is 6.29. The number of rotatable bonds is 3. The van der Waals surface area contributed by atoms with Gasteiger partial charge in [0, 0.05) is 25.3 Å². The van der Waals surface area contributed by atoms with E-state index in [1.807, 2.05) is 20.8 Å². The van der Waals surface area contributed by atoms with Crippen molar-refractivity contribution in [1.29, 1.82) is 0 Å². The van der Waals surface area contributed by atoms with E-state index in [1.54, 1.807) is 4.90 Å². The van der Waals surface area contributed by atoms with Crippen molar-refractivity contribution in [3.05, 3.63) is 23.0 Å². The van der Waals surface area contributed by atoms with Gasteiger partial charge in [0.15, 0.2) is 0 Å². The second-order valence-electron chi connectivity index (χ2n) is 6.41. The largest absolute Gasteiger partial charge is 0.478 e. The predicted molar refractivity (Wildman–Crippen MR) is 86.0 cm³/mol. The summed E-state index contributed by atoms with van der Waals surface area (Å²) < 4.78 is 5.34. The molecule has 0 saturated carbocycles. The highest BCUT2D eigenvalue weighted by Crippen LogP contribution is 2.23. The number of ether oxygens (including phenoxy) is 1. The molecule has 1 saturated heterocycles. The van der Waals surface area contributed by atoms with E-state index < -0.39 is 11.6 Å². The molecule has 1 atom stereocenters. The highest BCUT2D eigenvalue weighted by Gasteiger charge is 2.30. The number of halogens is 1. The summed E-state index contributed by atoms with van der Waals surface area (Å²) in [5.41, 5.74) is -0.101. The Kier molecular flexibility index (Phi) is 4.99. The number of anilines is 1. The van der Waals surface area contributed by atoms with Crippen molar-refractivity contribution in [2.45, 2.75) is 38.8 Å². The summed E-state index contributed by atoms with van der Waals surface area (Å²) >= 11 is 5.83. The van der Waals surface area contributed by atoms with Crippen molar-refractivity contribution in [2.24, 2.45) is 0 Å². The third-order valence-corrected chi connectivity index (χ3v) is 3.51. The Bertz CT molecular complexity index is 615. The lowest BCUT2D eigenvalue weighted by Crippen LogP contribution is -2.36. The van der Waals surface area contributed by atoms with Gasteiger partial charge < -0.3 is 20.1 Å². The third-order valence-electron chi connectivity index (χ3n) is 3.30. The molecule has 0 aliphatic carbocycles. The van der Waals surface area contributed by atoms with Gasteiger partial charge in [0.05, 0.1) is 5.69 Å². The number of carboxylic acid groups (broad SMARTS) is 1. The van der Waals surface area contributed by atoms with Gasteiger partial charge in [0.1, 0.15) is 16.3 Å². The molecule has 1 aliphatic heterocycles. The lowest BCUT2D eigenvalue weighted by Gasteiger charge is -2.24. The Morgan fingerprint density at radius 2 is 2.17 bits per heavy atom. The fraction of sp³-hybridized carbons (Fsp3) is 0.533. The van der Waals surface area contributed by atoms with Crippen LogP contribution in [0.25, 0.3) is 0 Å². The van der Waals surface area contributed by atoms with Gasteiger partial charge in [-0.2, -0.15) is 0 Å². The lowest BCUT2D eigenvalue weighted by atomic mass is 10.2. The van der Waals surface area contributed by atoms with Gasteiger partial charge in [-0.1, -0.05) is 11.6 Å². The minimum atomic E-state index is -1.08. The zero-order chi connectivity index (χ0) is 17.2. The zero-order valence-electron chi connectivity index (χ0n) is 13.3. The average molecular weight is 342 g/mol. The number of hydrogen-bond donors (Lipinski definition) is 2. The van der Waals surface area contributed by atoms with E-state index in [-0.39, 0.29) is 22.9 Å². The second kappa shape index (κ2) is 6.62. The van der Waals surface area contributed by atoms with Crippen LogP contribution in [0.3, 0.4) is 0 Å². The molecule has 2 N–H and O–H groups in total. The predicted octanol–water partition coefficient (Wildman–Crippen LogP) is 2.85. The van der Waals surface area contributed by atoms with Crippen molar-refractivity contribution in [1.82, 2.24) is 9.88 Å². The van der Waals surface area contributed by atoms with Gasteiger partial charge in [-0.15, -0.1) is 0 Å². The summed E-state index contributed by atoms with van der Waals surface area (Å²) in [6, 6.07) is 1.40. The van der Waals surface area contributed by atoms with Crippen LogP contribution in [-0.4, -0.2) is 51.8 Å². The van der Waals surface area contributed by atoms with Gasteiger partial charge >= 0.3 is 12.1 Å². The van der Waals surface area contributed by atoms with Crippen LogP contribution in [0.1, 0.15) is 37.6 Å². The summed E-state index contributed by atoms with van der Waals surface area (Å²) in [5.74, 6) is -1.08. The number of carbonyl (C=O) groups excluding carboxylic acids is 1.